The second-order valence-electron chi connectivity index (χ2n) is 6.50. The van der Waals surface area contributed by atoms with Crippen LogP contribution in [0.25, 0.3) is 11.1 Å². The van der Waals surface area contributed by atoms with Crippen LogP contribution >= 0.6 is 0 Å². The Bertz CT molecular complexity index is 855. The summed E-state index contributed by atoms with van der Waals surface area (Å²) >= 11 is 0. The van der Waals surface area contributed by atoms with Gasteiger partial charge in [-0.3, -0.25) is 4.79 Å². The lowest BCUT2D eigenvalue weighted by Crippen LogP contribution is -2.45. The van der Waals surface area contributed by atoms with Crippen molar-refractivity contribution >= 4 is 5.78 Å². The van der Waals surface area contributed by atoms with Gasteiger partial charge < -0.3 is 19.4 Å². The van der Waals surface area contributed by atoms with Gasteiger partial charge in [-0.05, 0) is 29.7 Å². The fourth-order valence-corrected chi connectivity index (χ4v) is 2.87. The zero-order chi connectivity index (χ0) is 19.3. The maximum Gasteiger partial charge on any atom is 0.192 e. The fraction of sp³-hybridized carbons (Fsp3) is 0.227. The quantitative estimate of drug-likeness (QED) is 0.638. The number of rotatable bonds is 8. The fourth-order valence-electron chi connectivity index (χ4n) is 2.87. The van der Waals surface area contributed by atoms with E-state index in [9.17, 15) is 15.0 Å². The predicted octanol–water partition coefficient (Wildman–Crippen LogP) is 3.52. The summed E-state index contributed by atoms with van der Waals surface area (Å²) in [7, 11) is 0. The molecular formula is C22H22O5. The van der Waals surface area contributed by atoms with E-state index in [1.165, 1.54) is 19.5 Å². The van der Waals surface area contributed by atoms with Crippen molar-refractivity contribution in [1.82, 2.24) is 0 Å². The molecule has 0 radical (unpaired) electrons. The Morgan fingerprint density at radius 3 is 2.33 bits per heavy atom. The van der Waals surface area contributed by atoms with Gasteiger partial charge in [0.15, 0.2) is 11.4 Å². The molecule has 3 rings (SSSR count). The van der Waals surface area contributed by atoms with E-state index >= 15 is 0 Å². The number of aliphatic hydroxyl groups excluding tert-OH is 2. The highest BCUT2D eigenvalue weighted by molar-refractivity contribution is 5.88. The van der Waals surface area contributed by atoms with Crippen LogP contribution in [0.2, 0.25) is 0 Å². The summed E-state index contributed by atoms with van der Waals surface area (Å²) < 4.78 is 10.8. The molecule has 0 spiro atoms. The number of Topliss-reactive ketones (excluding diaryl/α,β-unsaturated/α-hetero) is 1. The Labute approximate surface area is 157 Å². The number of aliphatic hydroxyl groups is 2. The van der Waals surface area contributed by atoms with E-state index in [0.717, 1.165) is 16.7 Å². The summed E-state index contributed by atoms with van der Waals surface area (Å²) in [6, 6.07) is 19.3. The molecule has 5 nitrogen and oxygen atoms in total. The molecule has 1 heterocycles. The van der Waals surface area contributed by atoms with Gasteiger partial charge in [0.1, 0.15) is 12.7 Å². The average molecular weight is 366 g/mol. The third-order valence-corrected chi connectivity index (χ3v) is 4.68. The molecule has 0 amide bonds. The van der Waals surface area contributed by atoms with Crippen molar-refractivity contribution in [3.05, 3.63) is 84.3 Å². The van der Waals surface area contributed by atoms with Gasteiger partial charge in [0, 0.05) is 5.56 Å². The maximum absolute atomic E-state index is 12.3. The Morgan fingerprint density at radius 2 is 1.74 bits per heavy atom. The number of carbonyl (C=O) groups excluding carboxylic acids is 1. The van der Waals surface area contributed by atoms with E-state index in [2.05, 4.69) is 0 Å². The number of ether oxygens (including phenoxy) is 1. The van der Waals surface area contributed by atoms with Crippen LogP contribution in [0, 0.1) is 0 Å². The Kier molecular flexibility index (Phi) is 5.86. The first-order valence-electron chi connectivity index (χ1n) is 8.67. The van der Waals surface area contributed by atoms with E-state index in [0.29, 0.717) is 5.56 Å². The largest absolute Gasteiger partial charge is 0.472 e. The predicted molar refractivity (Wildman–Crippen MR) is 101 cm³/mol. The lowest BCUT2D eigenvalue weighted by atomic mass is 9.90. The van der Waals surface area contributed by atoms with Gasteiger partial charge in [0.05, 0.1) is 19.1 Å². The minimum Gasteiger partial charge on any atom is -0.472 e. The van der Waals surface area contributed by atoms with E-state index < -0.39 is 24.1 Å². The number of ketones is 1. The molecule has 0 saturated heterocycles. The van der Waals surface area contributed by atoms with Gasteiger partial charge in [0.2, 0.25) is 0 Å². The molecule has 0 fully saturated rings. The molecule has 3 aromatic rings. The molecule has 140 valence electrons. The minimum atomic E-state index is -1.59. The lowest BCUT2D eigenvalue weighted by Gasteiger charge is -2.32. The van der Waals surface area contributed by atoms with Crippen LogP contribution in [-0.2, 0) is 16.1 Å². The lowest BCUT2D eigenvalue weighted by molar-refractivity contribution is -0.165. The zero-order valence-electron chi connectivity index (χ0n) is 15.0. The molecule has 0 bridgehead atoms. The van der Waals surface area contributed by atoms with Crippen molar-refractivity contribution in [3.8, 4) is 11.1 Å². The SMILES string of the molecule is C[C@@](OCc1ccc(-c2ccccc2)cc1)(C(=O)CO)[C@@H](O)c1ccoc1. The summed E-state index contributed by atoms with van der Waals surface area (Å²) in [5.41, 5.74) is 1.87. The van der Waals surface area contributed by atoms with Crippen LogP contribution in [0.3, 0.4) is 0 Å². The number of benzene rings is 2. The second kappa shape index (κ2) is 8.31. The maximum atomic E-state index is 12.3. The standard InChI is InChI=1S/C22H22O5/c1-22(20(24)13-23,21(25)19-11-12-26-15-19)27-14-16-7-9-18(10-8-16)17-5-3-2-4-6-17/h2-12,15,21,23,25H,13-14H2,1H3/t21-,22+/m0/s1. The number of carbonyl (C=O) groups is 1. The average Bonchev–Trinajstić information content (AvgIpc) is 3.26. The Hall–Kier alpha value is -2.73. The van der Waals surface area contributed by atoms with Gasteiger partial charge in [-0.15, -0.1) is 0 Å². The van der Waals surface area contributed by atoms with Crippen molar-refractivity contribution in [2.24, 2.45) is 0 Å². The van der Waals surface area contributed by atoms with Crippen LogP contribution in [-0.4, -0.2) is 28.2 Å². The first-order chi connectivity index (χ1) is 13.0. The molecule has 1 aromatic heterocycles. The van der Waals surface area contributed by atoms with Crippen LogP contribution in [0.15, 0.2) is 77.6 Å². The third-order valence-electron chi connectivity index (χ3n) is 4.68. The highest BCUT2D eigenvalue weighted by Crippen LogP contribution is 2.31. The first-order valence-corrected chi connectivity index (χ1v) is 8.67. The van der Waals surface area contributed by atoms with Crippen molar-refractivity contribution < 1.29 is 24.2 Å². The second-order valence-corrected chi connectivity index (χ2v) is 6.50. The molecule has 2 N–H and O–H groups in total. The summed E-state index contributed by atoms with van der Waals surface area (Å²) in [6.07, 6.45) is 1.51. The first kappa shape index (κ1) is 19.0. The molecular weight excluding hydrogens is 344 g/mol. The Balaban J connectivity index is 1.75. The topological polar surface area (TPSA) is 79.9 Å². The molecule has 0 aliphatic heterocycles. The molecule has 0 aliphatic carbocycles. The van der Waals surface area contributed by atoms with Crippen LogP contribution in [0.4, 0.5) is 0 Å². The van der Waals surface area contributed by atoms with Gasteiger partial charge in [-0.2, -0.15) is 0 Å². The highest BCUT2D eigenvalue weighted by atomic mass is 16.5. The molecule has 27 heavy (non-hydrogen) atoms. The molecule has 2 atom stereocenters. The minimum absolute atomic E-state index is 0.117. The van der Waals surface area contributed by atoms with E-state index in [1.54, 1.807) is 6.07 Å². The van der Waals surface area contributed by atoms with Gasteiger partial charge in [0.25, 0.3) is 0 Å². The summed E-state index contributed by atoms with van der Waals surface area (Å²) in [5.74, 6) is -0.600. The van der Waals surface area contributed by atoms with Crippen LogP contribution in [0.5, 0.6) is 0 Å². The van der Waals surface area contributed by atoms with E-state index in [-0.39, 0.29) is 6.61 Å². The molecule has 0 aliphatic rings. The normalized spacial score (nSPS) is 14.5. The molecule has 2 aromatic carbocycles. The van der Waals surface area contributed by atoms with Gasteiger partial charge in [-0.1, -0.05) is 54.6 Å². The van der Waals surface area contributed by atoms with E-state index in [1.807, 2.05) is 54.6 Å². The molecule has 5 heteroatoms. The van der Waals surface area contributed by atoms with Gasteiger partial charge >= 0.3 is 0 Å². The van der Waals surface area contributed by atoms with Crippen molar-refractivity contribution in [2.75, 3.05) is 6.61 Å². The zero-order valence-corrected chi connectivity index (χ0v) is 15.0. The number of furan rings is 1. The monoisotopic (exact) mass is 366 g/mol. The van der Waals surface area contributed by atoms with Crippen molar-refractivity contribution in [1.29, 1.82) is 0 Å². The van der Waals surface area contributed by atoms with Gasteiger partial charge in [-0.25, -0.2) is 0 Å². The van der Waals surface area contributed by atoms with Crippen LogP contribution < -0.4 is 0 Å². The smallest absolute Gasteiger partial charge is 0.192 e. The van der Waals surface area contributed by atoms with Crippen LogP contribution in [0.1, 0.15) is 24.2 Å². The Morgan fingerprint density at radius 1 is 1.07 bits per heavy atom. The third kappa shape index (κ3) is 4.17. The summed E-state index contributed by atoms with van der Waals surface area (Å²) in [6.45, 7) is 0.867. The number of hydrogen-bond acceptors (Lipinski definition) is 5. The highest BCUT2D eigenvalue weighted by Gasteiger charge is 2.42. The summed E-state index contributed by atoms with van der Waals surface area (Å²) in [4.78, 5) is 12.3. The van der Waals surface area contributed by atoms with E-state index in [4.69, 9.17) is 9.15 Å². The summed E-state index contributed by atoms with van der Waals surface area (Å²) in [5, 5.41) is 19.9. The van der Waals surface area contributed by atoms with Crippen molar-refractivity contribution in [2.45, 2.75) is 25.2 Å². The molecule has 0 unspecified atom stereocenters. The number of hydrogen-bond donors (Lipinski definition) is 2. The molecule has 0 saturated carbocycles. The van der Waals surface area contributed by atoms with Crippen molar-refractivity contribution in [3.63, 3.8) is 0 Å².